The second-order valence-corrected chi connectivity index (χ2v) is 15.9. The maximum atomic E-state index is 6.83. The van der Waals surface area contributed by atoms with Crippen molar-refractivity contribution in [2.24, 2.45) is 0 Å². The third kappa shape index (κ3) is 4.96. The molecule has 12 aromatic rings. The molecule has 0 amide bonds. The zero-order valence-corrected chi connectivity index (χ0v) is 33.0. The number of nitrogens with zero attached hydrogens (tertiary/aromatic N) is 2. The average molecular weight is 759 g/mol. The van der Waals surface area contributed by atoms with E-state index in [-0.39, 0.29) is 0 Å². The number of aryl methyl sites for hydroxylation is 3. The van der Waals surface area contributed by atoms with Crippen LogP contribution in [0.2, 0.25) is 0 Å². The van der Waals surface area contributed by atoms with Crippen LogP contribution in [0.5, 0.6) is 0 Å². The van der Waals surface area contributed by atoms with Gasteiger partial charge in [-0.2, -0.15) is 0 Å². The number of para-hydroxylation sites is 6. The molecule has 0 bridgehead atoms. The Bertz CT molecular complexity index is 3400. The first-order valence-corrected chi connectivity index (χ1v) is 20.3. The summed E-state index contributed by atoms with van der Waals surface area (Å²) in [6.07, 6.45) is 0. The molecule has 0 atom stereocenters. The van der Waals surface area contributed by atoms with Crippen LogP contribution in [-0.2, 0) is 0 Å². The molecule has 0 saturated carbocycles. The normalized spacial score (nSPS) is 12.0. The Balaban J connectivity index is 1.27. The number of anilines is 6. The average Bonchev–Trinajstić information content (AvgIpc) is 3.84. The molecule has 0 aliphatic heterocycles. The molecule has 280 valence electrons. The molecule has 12 rings (SSSR count). The van der Waals surface area contributed by atoms with Gasteiger partial charge in [0.2, 0.25) is 0 Å². The molecule has 4 nitrogen and oxygen atoms in total. The SMILES string of the molecule is Cc1cc2ccc3c(N(c4ccccc4C)c4cccc5c4oc4ccccc45)cc(N(c4ccccc4C)c4cccc5c4oc4ccccc45)c4ccc(c1)c2c34. The number of benzene rings is 10. The first-order valence-electron chi connectivity index (χ1n) is 20.3. The van der Waals surface area contributed by atoms with Crippen LogP contribution in [0, 0.1) is 20.8 Å². The van der Waals surface area contributed by atoms with E-state index >= 15 is 0 Å². The smallest absolute Gasteiger partial charge is 0.159 e. The van der Waals surface area contributed by atoms with Crippen LogP contribution in [0.4, 0.5) is 34.1 Å². The molecule has 0 aliphatic rings. The Morgan fingerprint density at radius 2 is 0.746 bits per heavy atom. The Morgan fingerprint density at radius 3 is 1.24 bits per heavy atom. The van der Waals surface area contributed by atoms with Crippen LogP contribution in [0.15, 0.2) is 185 Å². The van der Waals surface area contributed by atoms with Gasteiger partial charge in [0.05, 0.1) is 22.7 Å². The van der Waals surface area contributed by atoms with Gasteiger partial charge in [-0.3, -0.25) is 0 Å². The van der Waals surface area contributed by atoms with Crippen molar-refractivity contribution in [1.82, 2.24) is 0 Å². The standard InChI is InChI=1S/C55H38N2O2/c1-33-30-36-26-28-42-48(56(44-20-8-4-14-34(44)2)46-22-12-18-40-38-16-6-10-24-50(38)58-54(40)46)32-49(43-29-27-37(31-33)52(36)53(42)43)57(45-21-9-5-15-35(45)3)47-23-13-19-41-39-17-7-11-25-51(39)59-55(41)47/h4-32H,1-3H3. The van der Waals surface area contributed by atoms with E-state index < -0.39 is 0 Å². The Hall–Kier alpha value is -7.56. The molecular formula is C55H38N2O2. The van der Waals surface area contributed by atoms with E-state index in [0.717, 1.165) is 99.9 Å². The Labute approximate surface area is 341 Å². The lowest BCUT2D eigenvalue weighted by Crippen LogP contribution is -2.16. The molecule has 0 aliphatic carbocycles. The van der Waals surface area contributed by atoms with Crippen molar-refractivity contribution in [2.75, 3.05) is 9.80 Å². The lowest BCUT2D eigenvalue weighted by Gasteiger charge is -2.33. The fourth-order valence-corrected chi connectivity index (χ4v) is 9.63. The molecule has 0 unspecified atom stereocenters. The van der Waals surface area contributed by atoms with Crippen LogP contribution in [0.25, 0.3) is 76.2 Å². The zero-order valence-electron chi connectivity index (χ0n) is 33.0. The summed E-state index contributed by atoms with van der Waals surface area (Å²) in [7, 11) is 0. The Kier molecular flexibility index (Phi) is 7.24. The topological polar surface area (TPSA) is 32.8 Å². The van der Waals surface area contributed by atoms with E-state index in [2.05, 4.69) is 194 Å². The molecule has 59 heavy (non-hydrogen) atoms. The number of rotatable bonds is 6. The second kappa shape index (κ2) is 12.7. The predicted molar refractivity (Wildman–Crippen MR) is 248 cm³/mol. The monoisotopic (exact) mass is 758 g/mol. The molecule has 0 radical (unpaired) electrons. The minimum absolute atomic E-state index is 0.850. The predicted octanol–water partition coefficient (Wildman–Crippen LogP) is 16.2. The summed E-state index contributed by atoms with van der Waals surface area (Å²) in [5.41, 5.74) is 13.2. The minimum Gasteiger partial charge on any atom is -0.454 e. The zero-order chi connectivity index (χ0) is 39.4. The van der Waals surface area contributed by atoms with Gasteiger partial charge in [-0.15, -0.1) is 0 Å². The van der Waals surface area contributed by atoms with Gasteiger partial charge in [-0.1, -0.05) is 133 Å². The summed E-state index contributed by atoms with van der Waals surface area (Å²) >= 11 is 0. The van der Waals surface area contributed by atoms with Crippen molar-refractivity contribution in [1.29, 1.82) is 0 Å². The highest BCUT2D eigenvalue weighted by atomic mass is 16.3. The van der Waals surface area contributed by atoms with Gasteiger partial charge < -0.3 is 18.6 Å². The molecule has 0 fully saturated rings. The van der Waals surface area contributed by atoms with E-state index in [1.165, 1.54) is 27.1 Å². The summed E-state index contributed by atoms with van der Waals surface area (Å²) in [4.78, 5) is 4.86. The van der Waals surface area contributed by atoms with Crippen LogP contribution in [0.1, 0.15) is 16.7 Å². The lowest BCUT2D eigenvalue weighted by atomic mass is 9.90. The highest BCUT2D eigenvalue weighted by molar-refractivity contribution is 6.29. The second-order valence-electron chi connectivity index (χ2n) is 15.9. The van der Waals surface area contributed by atoms with Crippen molar-refractivity contribution in [2.45, 2.75) is 20.8 Å². The van der Waals surface area contributed by atoms with E-state index in [9.17, 15) is 0 Å². The summed E-state index contributed by atoms with van der Waals surface area (Å²) < 4.78 is 13.7. The van der Waals surface area contributed by atoms with E-state index in [1.807, 2.05) is 12.1 Å². The highest BCUT2D eigenvalue weighted by Crippen LogP contribution is 2.53. The van der Waals surface area contributed by atoms with Gasteiger partial charge in [0.25, 0.3) is 0 Å². The quantitative estimate of drug-likeness (QED) is 0.158. The number of furan rings is 2. The van der Waals surface area contributed by atoms with Crippen molar-refractivity contribution < 1.29 is 8.83 Å². The Morgan fingerprint density at radius 1 is 0.322 bits per heavy atom. The van der Waals surface area contributed by atoms with Crippen molar-refractivity contribution in [3.8, 4) is 0 Å². The summed E-state index contributed by atoms with van der Waals surface area (Å²) in [5, 5.41) is 11.6. The van der Waals surface area contributed by atoms with Crippen LogP contribution >= 0.6 is 0 Å². The van der Waals surface area contributed by atoms with Crippen molar-refractivity contribution in [3.05, 3.63) is 193 Å². The van der Waals surface area contributed by atoms with Gasteiger partial charge in [-0.25, -0.2) is 0 Å². The van der Waals surface area contributed by atoms with Gasteiger partial charge in [0, 0.05) is 49.1 Å². The maximum Gasteiger partial charge on any atom is 0.159 e. The van der Waals surface area contributed by atoms with Crippen molar-refractivity contribution >= 4 is 110 Å². The molecule has 10 aromatic carbocycles. The molecule has 0 spiro atoms. The number of fused-ring (bicyclic) bond motifs is 6. The van der Waals surface area contributed by atoms with E-state index in [0.29, 0.717) is 0 Å². The van der Waals surface area contributed by atoms with Crippen LogP contribution in [-0.4, -0.2) is 0 Å². The largest absolute Gasteiger partial charge is 0.454 e. The maximum absolute atomic E-state index is 6.83. The highest BCUT2D eigenvalue weighted by Gasteiger charge is 2.28. The minimum atomic E-state index is 0.850. The first-order chi connectivity index (χ1) is 29.0. The van der Waals surface area contributed by atoms with Crippen molar-refractivity contribution in [3.63, 3.8) is 0 Å². The molecular weight excluding hydrogens is 721 g/mol. The van der Waals surface area contributed by atoms with Gasteiger partial charge in [-0.05, 0) is 96.1 Å². The fraction of sp³-hybridized carbons (Fsp3) is 0.0545. The molecule has 0 N–H and O–H groups in total. The fourth-order valence-electron chi connectivity index (χ4n) is 9.63. The first kappa shape index (κ1) is 33.6. The summed E-state index contributed by atoms with van der Waals surface area (Å²) in [5.74, 6) is 0. The van der Waals surface area contributed by atoms with Gasteiger partial charge in [0.15, 0.2) is 11.2 Å². The van der Waals surface area contributed by atoms with Crippen LogP contribution in [0.3, 0.4) is 0 Å². The lowest BCUT2D eigenvalue weighted by molar-refractivity contribution is 0.669. The third-order valence-corrected chi connectivity index (χ3v) is 12.3. The number of hydrogen-bond acceptors (Lipinski definition) is 4. The molecule has 0 saturated heterocycles. The number of hydrogen-bond donors (Lipinski definition) is 0. The molecule has 2 aromatic heterocycles. The van der Waals surface area contributed by atoms with E-state index in [1.54, 1.807) is 0 Å². The van der Waals surface area contributed by atoms with E-state index in [4.69, 9.17) is 8.83 Å². The molecule has 2 heterocycles. The molecule has 4 heteroatoms. The van der Waals surface area contributed by atoms with Gasteiger partial charge >= 0.3 is 0 Å². The summed E-state index contributed by atoms with van der Waals surface area (Å²) in [6.45, 7) is 6.58. The summed E-state index contributed by atoms with van der Waals surface area (Å²) in [6, 6.07) is 63.4. The van der Waals surface area contributed by atoms with Gasteiger partial charge in [0.1, 0.15) is 11.2 Å². The van der Waals surface area contributed by atoms with Crippen LogP contribution < -0.4 is 9.80 Å². The third-order valence-electron chi connectivity index (χ3n) is 12.3.